The van der Waals surface area contributed by atoms with Gasteiger partial charge in [0.1, 0.15) is 5.82 Å². The number of halogens is 1. The minimum absolute atomic E-state index is 0.0664. The van der Waals surface area contributed by atoms with E-state index in [9.17, 15) is 9.18 Å². The molecule has 0 radical (unpaired) electrons. The summed E-state index contributed by atoms with van der Waals surface area (Å²) in [6.07, 6.45) is 0.499. The smallest absolute Gasteiger partial charge is 0.303 e. The Kier molecular flexibility index (Phi) is 5.21. The molecular weight excluding hydrogens is 329 g/mol. The van der Waals surface area contributed by atoms with Gasteiger partial charge in [-0.15, -0.1) is 0 Å². The predicted octanol–water partition coefficient (Wildman–Crippen LogP) is 5.42. The minimum atomic E-state index is -0.823. The van der Waals surface area contributed by atoms with E-state index in [0.29, 0.717) is 12.3 Å². The van der Waals surface area contributed by atoms with Crippen LogP contribution in [0, 0.1) is 5.82 Å². The monoisotopic (exact) mass is 351 g/mol. The zero-order chi connectivity index (χ0) is 18.7. The van der Waals surface area contributed by atoms with Gasteiger partial charge in [-0.3, -0.25) is 4.79 Å². The van der Waals surface area contributed by atoms with Gasteiger partial charge in [0.05, 0.1) is 12.1 Å². The zero-order valence-corrected chi connectivity index (χ0v) is 14.9. The van der Waals surface area contributed by atoms with Gasteiger partial charge < -0.3 is 9.67 Å². The molecule has 1 heterocycles. The van der Waals surface area contributed by atoms with Crippen molar-refractivity contribution in [2.45, 2.75) is 32.6 Å². The van der Waals surface area contributed by atoms with Gasteiger partial charge in [-0.05, 0) is 72.0 Å². The second-order valence-electron chi connectivity index (χ2n) is 6.69. The summed E-state index contributed by atoms with van der Waals surface area (Å²) in [5, 5.41) is 9.04. The lowest BCUT2D eigenvalue weighted by Gasteiger charge is -2.15. The van der Waals surface area contributed by atoms with Crippen molar-refractivity contribution in [3.05, 3.63) is 77.7 Å². The number of benzene rings is 2. The Balaban J connectivity index is 2.07. The first-order valence-electron chi connectivity index (χ1n) is 8.74. The van der Waals surface area contributed by atoms with Crippen LogP contribution in [0.4, 0.5) is 4.39 Å². The predicted molar refractivity (Wildman–Crippen MR) is 101 cm³/mol. The van der Waals surface area contributed by atoms with Crippen molar-refractivity contribution in [3.63, 3.8) is 0 Å². The molecule has 2 aromatic carbocycles. The number of aliphatic carboxylic acids is 1. The number of aryl methyl sites for hydroxylation is 1. The van der Waals surface area contributed by atoms with Crippen molar-refractivity contribution >= 4 is 5.97 Å². The quantitative estimate of drug-likeness (QED) is 0.644. The Labute approximate surface area is 152 Å². The molecule has 0 spiro atoms. The fourth-order valence-electron chi connectivity index (χ4n) is 3.07. The van der Waals surface area contributed by atoms with E-state index in [0.717, 1.165) is 22.6 Å². The van der Waals surface area contributed by atoms with Crippen LogP contribution in [-0.4, -0.2) is 15.6 Å². The van der Waals surface area contributed by atoms with Gasteiger partial charge in [0.2, 0.25) is 0 Å². The van der Waals surface area contributed by atoms with Gasteiger partial charge in [-0.25, -0.2) is 4.39 Å². The third-order valence-electron chi connectivity index (χ3n) is 4.51. The van der Waals surface area contributed by atoms with E-state index in [4.69, 9.17) is 5.11 Å². The van der Waals surface area contributed by atoms with Crippen molar-refractivity contribution in [1.29, 1.82) is 0 Å². The Morgan fingerprint density at radius 1 is 1.00 bits per heavy atom. The fourth-order valence-corrected chi connectivity index (χ4v) is 3.07. The van der Waals surface area contributed by atoms with Crippen molar-refractivity contribution in [3.8, 4) is 16.9 Å². The largest absolute Gasteiger partial charge is 0.481 e. The van der Waals surface area contributed by atoms with Gasteiger partial charge in [0, 0.05) is 11.4 Å². The molecule has 3 rings (SSSR count). The standard InChI is InChI=1S/C22H22FNO2/c1-15(2)16-5-9-19(10-6-16)24-20(12-14-22(25)26)11-13-21(24)17-3-7-18(23)8-4-17/h3-11,13,15H,12,14H2,1-2H3,(H,25,26). The molecule has 0 aliphatic heterocycles. The molecule has 0 aliphatic carbocycles. The number of rotatable bonds is 6. The number of hydrogen-bond donors (Lipinski definition) is 1. The lowest BCUT2D eigenvalue weighted by molar-refractivity contribution is -0.136. The maximum atomic E-state index is 13.3. The third-order valence-corrected chi connectivity index (χ3v) is 4.51. The molecule has 0 fully saturated rings. The highest BCUT2D eigenvalue weighted by Crippen LogP contribution is 2.28. The second kappa shape index (κ2) is 7.56. The molecule has 26 heavy (non-hydrogen) atoms. The van der Waals surface area contributed by atoms with Crippen LogP contribution in [0.15, 0.2) is 60.7 Å². The number of carbonyl (C=O) groups is 1. The number of hydrogen-bond acceptors (Lipinski definition) is 1. The Hall–Kier alpha value is -2.88. The highest BCUT2D eigenvalue weighted by atomic mass is 19.1. The highest BCUT2D eigenvalue weighted by Gasteiger charge is 2.13. The molecular formula is C22H22FNO2. The van der Waals surface area contributed by atoms with Crippen LogP contribution in [0.3, 0.4) is 0 Å². The first-order chi connectivity index (χ1) is 12.5. The molecule has 0 amide bonds. The molecule has 1 aromatic heterocycles. The van der Waals surface area contributed by atoms with Crippen molar-refractivity contribution in [2.75, 3.05) is 0 Å². The average Bonchev–Trinajstić information content (AvgIpc) is 3.04. The van der Waals surface area contributed by atoms with Crippen LogP contribution in [0.25, 0.3) is 16.9 Å². The van der Waals surface area contributed by atoms with Crippen LogP contribution in [0.5, 0.6) is 0 Å². The maximum absolute atomic E-state index is 13.3. The van der Waals surface area contributed by atoms with Crippen LogP contribution < -0.4 is 0 Å². The van der Waals surface area contributed by atoms with Crippen molar-refractivity contribution in [1.82, 2.24) is 4.57 Å². The van der Waals surface area contributed by atoms with E-state index in [-0.39, 0.29) is 12.2 Å². The molecule has 134 valence electrons. The van der Waals surface area contributed by atoms with Gasteiger partial charge in [-0.2, -0.15) is 0 Å². The molecule has 3 aromatic rings. The molecule has 0 saturated carbocycles. The molecule has 0 atom stereocenters. The Bertz CT molecular complexity index is 893. The average molecular weight is 351 g/mol. The van der Waals surface area contributed by atoms with Crippen LogP contribution in [-0.2, 0) is 11.2 Å². The number of carboxylic acid groups (broad SMARTS) is 1. The zero-order valence-electron chi connectivity index (χ0n) is 14.9. The van der Waals surface area contributed by atoms with E-state index in [1.807, 2.05) is 24.3 Å². The topological polar surface area (TPSA) is 42.2 Å². The summed E-state index contributed by atoms with van der Waals surface area (Å²) < 4.78 is 15.3. The van der Waals surface area contributed by atoms with Crippen LogP contribution >= 0.6 is 0 Å². The Morgan fingerprint density at radius 2 is 1.65 bits per heavy atom. The summed E-state index contributed by atoms with van der Waals surface area (Å²) in [6, 6.07) is 18.5. The number of carboxylic acids is 1. The third kappa shape index (κ3) is 3.85. The number of nitrogens with zero attached hydrogens (tertiary/aromatic N) is 1. The van der Waals surface area contributed by atoms with Gasteiger partial charge in [-0.1, -0.05) is 26.0 Å². The summed E-state index contributed by atoms with van der Waals surface area (Å²) in [7, 11) is 0. The summed E-state index contributed by atoms with van der Waals surface area (Å²) in [4.78, 5) is 11.0. The molecule has 4 heteroatoms. The Morgan fingerprint density at radius 3 is 2.23 bits per heavy atom. The summed E-state index contributed by atoms with van der Waals surface area (Å²) in [6.45, 7) is 4.29. The van der Waals surface area contributed by atoms with E-state index < -0.39 is 5.97 Å². The highest BCUT2D eigenvalue weighted by molar-refractivity contribution is 5.68. The molecule has 3 nitrogen and oxygen atoms in total. The van der Waals surface area contributed by atoms with Crippen molar-refractivity contribution < 1.29 is 14.3 Å². The molecule has 0 bridgehead atoms. The summed E-state index contributed by atoms with van der Waals surface area (Å²) in [5.41, 5.74) is 4.95. The first-order valence-corrected chi connectivity index (χ1v) is 8.74. The molecule has 1 N–H and O–H groups in total. The van der Waals surface area contributed by atoms with E-state index in [1.165, 1.54) is 17.7 Å². The first kappa shape index (κ1) is 17.9. The fraction of sp³-hybridized carbons (Fsp3) is 0.227. The second-order valence-corrected chi connectivity index (χ2v) is 6.69. The van der Waals surface area contributed by atoms with Gasteiger partial charge >= 0.3 is 5.97 Å². The van der Waals surface area contributed by atoms with Gasteiger partial charge in [0.15, 0.2) is 0 Å². The SMILES string of the molecule is CC(C)c1ccc(-n2c(CCC(=O)O)ccc2-c2ccc(F)cc2)cc1. The lowest BCUT2D eigenvalue weighted by Crippen LogP contribution is -2.05. The molecule has 0 aliphatic rings. The van der Waals surface area contributed by atoms with Crippen molar-refractivity contribution in [2.24, 2.45) is 0 Å². The van der Waals surface area contributed by atoms with Gasteiger partial charge in [0.25, 0.3) is 0 Å². The molecule has 0 saturated heterocycles. The summed E-state index contributed by atoms with van der Waals surface area (Å²) in [5.74, 6) is -0.660. The number of aromatic nitrogens is 1. The lowest BCUT2D eigenvalue weighted by atomic mass is 10.0. The van der Waals surface area contributed by atoms with E-state index in [1.54, 1.807) is 12.1 Å². The minimum Gasteiger partial charge on any atom is -0.481 e. The van der Waals surface area contributed by atoms with E-state index >= 15 is 0 Å². The van der Waals surface area contributed by atoms with Crippen LogP contribution in [0.2, 0.25) is 0 Å². The van der Waals surface area contributed by atoms with E-state index in [2.05, 4.69) is 30.5 Å². The maximum Gasteiger partial charge on any atom is 0.303 e. The van der Waals surface area contributed by atoms with Crippen LogP contribution in [0.1, 0.15) is 37.4 Å². The normalized spacial score (nSPS) is 11.1. The summed E-state index contributed by atoms with van der Waals surface area (Å²) >= 11 is 0. The molecule has 0 unspecified atom stereocenters.